The number of esters is 2. The summed E-state index contributed by atoms with van der Waals surface area (Å²) in [5.41, 5.74) is 0.122. The molecule has 2 saturated heterocycles. The number of benzene rings is 1. The molecule has 0 bridgehead atoms. The van der Waals surface area contributed by atoms with E-state index in [1.54, 1.807) is 6.92 Å². The Kier molecular flexibility index (Phi) is 5.51. The summed E-state index contributed by atoms with van der Waals surface area (Å²) >= 11 is 0. The highest BCUT2D eigenvalue weighted by molar-refractivity contribution is 5.98. The van der Waals surface area contributed by atoms with Crippen LogP contribution in [0.3, 0.4) is 0 Å². The number of ketones is 2. The van der Waals surface area contributed by atoms with Gasteiger partial charge in [0.05, 0.1) is 6.42 Å². The lowest BCUT2D eigenvalue weighted by Crippen LogP contribution is -2.48. The Morgan fingerprint density at radius 3 is 2.27 bits per heavy atom. The van der Waals surface area contributed by atoms with E-state index in [1.807, 2.05) is 24.3 Å². The highest BCUT2D eigenvalue weighted by Crippen LogP contribution is 2.44. The Hall–Kier alpha value is -2.50. The summed E-state index contributed by atoms with van der Waals surface area (Å²) < 4.78 is 11.4. The fourth-order valence-corrected chi connectivity index (χ4v) is 5.38. The van der Waals surface area contributed by atoms with Crippen molar-refractivity contribution in [2.75, 3.05) is 0 Å². The molecule has 1 saturated carbocycles. The first-order valence-corrected chi connectivity index (χ1v) is 10.8. The van der Waals surface area contributed by atoms with Crippen LogP contribution in [0.15, 0.2) is 24.3 Å². The third-order valence-corrected chi connectivity index (χ3v) is 6.84. The number of Topliss-reactive ketones (excluding diaryl/α,β-unsaturated/α-hetero) is 2. The molecule has 2 heterocycles. The minimum atomic E-state index is -0.959. The van der Waals surface area contributed by atoms with Crippen molar-refractivity contribution in [3.8, 4) is 0 Å². The molecule has 1 aromatic carbocycles. The normalized spacial score (nSPS) is 30.3. The number of aryl methyl sites for hydroxylation is 1. The standard InChI is InChI=1S/C24H28O6/c1-23(14-19(25)12-21(27)29-23)18-8-4-5-16(11-18)9-10-24(17-6-2-3-7-17)15-20(26)13-22(28)30-24/h4-5,8,11,17H,2-3,6-7,9-10,12-15H2,1H3. The van der Waals surface area contributed by atoms with Crippen molar-refractivity contribution in [2.45, 2.75) is 82.3 Å². The quantitative estimate of drug-likeness (QED) is 0.543. The predicted molar refractivity (Wildman–Crippen MR) is 107 cm³/mol. The molecule has 2 aliphatic heterocycles. The average molecular weight is 412 g/mol. The second-order valence-electron chi connectivity index (χ2n) is 9.21. The number of hydrogen-bond acceptors (Lipinski definition) is 6. The van der Waals surface area contributed by atoms with E-state index in [4.69, 9.17) is 9.47 Å². The van der Waals surface area contributed by atoms with Gasteiger partial charge >= 0.3 is 11.9 Å². The Bertz CT molecular complexity index is 847. The Morgan fingerprint density at radius 2 is 1.60 bits per heavy atom. The van der Waals surface area contributed by atoms with Crippen molar-refractivity contribution < 1.29 is 28.7 Å². The van der Waals surface area contributed by atoms with E-state index in [0.717, 1.165) is 36.8 Å². The summed E-state index contributed by atoms with van der Waals surface area (Å²) in [6.07, 6.45) is 5.58. The van der Waals surface area contributed by atoms with Crippen molar-refractivity contribution in [2.24, 2.45) is 5.92 Å². The van der Waals surface area contributed by atoms with E-state index in [1.165, 1.54) is 0 Å². The summed E-state index contributed by atoms with van der Waals surface area (Å²) in [5, 5.41) is 0. The van der Waals surface area contributed by atoms with Crippen molar-refractivity contribution >= 4 is 23.5 Å². The third kappa shape index (κ3) is 4.18. The molecule has 0 aromatic heterocycles. The Labute approximate surface area is 176 Å². The molecule has 1 aliphatic carbocycles. The summed E-state index contributed by atoms with van der Waals surface area (Å²) in [5.74, 6) is -0.832. The topological polar surface area (TPSA) is 86.7 Å². The molecule has 0 radical (unpaired) electrons. The molecule has 0 spiro atoms. The summed E-state index contributed by atoms with van der Waals surface area (Å²) in [7, 11) is 0. The molecule has 0 N–H and O–H groups in total. The van der Waals surface area contributed by atoms with Crippen LogP contribution < -0.4 is 0 Å². The van der Waals surface area contributed by atoms with Gasteiger partial charge in [0.25, 0.3) is 0 Å². The van der Waals surface area contributed by atoms with Gasteiger partial charge in [0.15, 0.2) is 0 Å². The molecule has 4 rings (SSSR count). The zero-order valence-corrected chi connectivity index (χ0v) is 17.4. The first kappa shape index (κ1) is 20.8. The van der Waals surface area contributed by atoms with Crippen LogP contribution in [0.2, 0.25) is 0 Å². The number of ether oxygens (including phenoxy) is 2. The monoisotopic (exact) mass is 412 g/mol. The number of cyclic esters (lactones) is 2. The summed E-state index contributed by atoms with van der Waals surface area (Å²) in [6, 6.07) is 7.70. The maximum Gasteiger partial charge on any atom is 0.314 e. The fraction of sp³-hybridized carbons (Fsp3) is 0.583. The van der Waals surface area contributed by atoms with E-state index in [0.29, 0.717) is 19.3 Å². The van der Waals surface area contributed by atoms with E-state index in [-0.39, 0.29) is 36.7 Å². The van der Waals surface area contributed by atoms with Crippen LogP contribution in [-0.4, -0.2) is 29.1 Å². The first-order valence-electron chi connectivity index (χ1n) is 10.8. The van der Waals surface area contributed by atoms with Gasteiger partial charge in [-0.15, -0.1) is 0 Å². The van der Waals surface area contributed by atoms with Gasteiger partial charge in [-0.05, 0) is 49.7 Å². The molecule has 3 fully saturated rings. The molecule has 6 heteroatoms. The second kappa shape index (κ2) is 7.97. The molecular formula is C24H28O6. The van der Waals surface area contributed by atoms with E-state index < -0.39 is 23.1 Å². The molecule has 160 valence electrons. The first-order chi connectivity index (χ1) is 14.3. The lowest BCUT2D eigenvalue weighted by molar-refractivity contribution is -0.178. The molecule has 0 amide bonds. The zero-order valence-electron chi connectivity index (χ0n) is 17.4. The van der Waals surface area contributed by atoms with Crippen molar-refractivity contribution in [3.63, 3.8) is 0 Å². The molecule has 2 atom stereocenters. The van der Waals surface area contributed by atoms with Gasteiger partial charge in [-0.3, -0.25) is 19.2 Å². The van der Waals surface area contributed by atoms with Crippen molar-refractivity contribution in [1.29, 1.82) is 0 Å². The van der Waals surface area contributed by atoms with Crippen LogP contribution in [0.5, 0.6) is 0 Å². The van der Waals surface area contributed by atoms with E-state index >= 15 is 0 Å². The van der Waals surface area contributed by atoms with Gasteiger partial charge in [-0.2, -0.15) is 0 Å². The van der Waals surface area contributed by atoms with Crippen LogP contribution in [0, 0.1) is 5.92 Å². The van der Waals surface area contributed by atoms with E-state index in [2.05, 4.69) is 0 Å². The maximum atomic E-state index is 12.2. The molecule has 30 heavy (non-hydrogen) atoms. The Balaban J connectivity index is 1.54. The lowest BCUT2D eigenvalue weighted by Gasteiger charge is -2.41. The number of carbonyl (C=O) groups excluding carboxylic acids is 4. The zero-order chi connectivity index (χ0) is 21.4. The van der Waals surface area contributed by atoms with Gasteiger partial charge in [0.1, 0.15) is 35.6 Å². The van der Waals surface area contributed by atoms with Gasteiger partial charge in [-0.25, -0.2) is 0 Å². The third-order valence-electron chi connectivity index (χ3n) is 6.84. The summed E-state index contributed by atoms with van der Waals surface area (Å²) in [4.78, 5) is 48.1. The molecular weight excluding hydrogens is 384 g/mol. The number of carbonyl (C=O) groups is 4. The maximum absolute atomic E-state index is 12.2. The van der Waals surface area contributed by atoms with Crippen LogP contribution in [0.1, 0.15) is 75.8 Å². The molecule has 2 unspecified atom stereocenters. The van der Waals surface area contributed by atoms with Gasteiger partial charge in [0, 0.05) is 6.42 Å². The predicted octanol–water partition coefficient (Wildman–Crippen LogP) is 3.58. The highest BCUT2D eigenvalue weighted by atomic mass is 16.6. The molecule has 3 aliphatic rings. The van der Waals surface area contributed by atoms with Crippen LogP contribution in [-0.2, 0) is 40.7 Å². The molecule has 6 nitrogen and oxygen atoms in total. The largest absolute Gasteiger partial charge is 0.458 e. The summed E-state index contributed by atoms with van der Waals surface area (Å²) in [6.45, 7) is 1.77. The van der Waals surface area contributed by atoms with Gasteiger partial charge in [-0.1, -0.05) is 37.1 Å². The minimum Gasteiger partial charge on any atom is -0.458 e. The van der Waals surface area contributed by atoms with Crippen molar-refractivity contribution in [3.05, 3.63) is 35.4 Å². The highest BCUT2D eigenvalue weighted by Gasteiger charge is 2.47. The van der Waals surface area contributed by atoms with Gasteiger partial charge < -0.3 is 9.47 Å². The van der Waals surface area contributed by atoms with Crippen LogP contribution >= 0.6 is 0 Å². The second-order valence-corrected chi connectivity index (χ2v) is 9.21. The van der Waals surface area contributed by atoms with E-state index in [9.17, 15) is 19.2 Å². The minimum absolute atomic E-state index is 0.0351. The fourth-order valence-electron chi connectivity index (χ4n) is 5.38. The average Bonchev–Trinajstić information content (AvgIpc) is 3.20. The smallest absolute Gasteiger partial charge is 0.314 e. The van der Waals surface area contributed by atoms with Crippen LogP contribution in [0.25, 0.3) is 0 Å². The number of hydrogen-bond donors (Lipinski definition) is 0. The van der Waals surface area contributed by atoms with Gasteiger partial charge in [0.2, 0.25) is 0 Å². The number of rotatable bonds is 5. The molecule has 1 aromatic rings. The Morgan fingerprint density at radius 1 is 0.933 bits per heavy atom. The van der Waals surface area contributed by atoms with Crippen LogP contribution in [0.4, 0.5) is 0 Å². The van der Waals surface area contributed by atoms with Crippen molar-refractivity contribution in [1.82, 2.24) is 0 Å². The lowest BCUT2D eigenvalue weighted by atomic mass is 9.76. The SMILES string of the molecule is CC1(c2cccc(CCC3(C4CCCC4)CC(=O)CC(=O)O3)c2)CC(=O)CC(=O)O1.